The van der Waals surface area contributed by atoms with Crippen LogP contribution in [0.3, 0.4) is 0 Å². The van der Waals surface area contributed by atoms with Crippen molar-refractivity contribution in [2.24, 2.45) is 5.73 Å². The van der Waals surface area contributed by atoms with Crippen LogP contribution in [0, 0.1) is 6.92 Å². The van der Waals surface area contributed by atoms with E-state index in [1.165, 1.54) is 0 Å². The van der Waals surface area contributed by atoms with Crippen LogP contribution in [0.15, 0.2) is 24.3 Å². The summed E-state index contributed by atoms with van der Waals surface area (Å²) in [6.45, 7) is 1.61. The summed E-state index contributed by atoms with van der Waals surface area (Å²) in [7, 11) is 0. The predicted molar refractivity (Wildman–Crippen MR) is 69.5 cm³/mol. The van der Waals surface area contributed by atoms with E-state index in [1.807, 2.05) is 6.92 Å². The molecule has 0 aromatic heterocycles. The lowest BCUT2D eigenvalue weighted by Gasteiger charge is -2.29. The SMILES string of the molecule is Cc1ccc(C(CN)(CCCC(F)(F)F)C(=O)O)cc1. The number of aryl methyl sites for hydroxylation is 1. The van der Waals surface area contributed by atoms with E-state index in [9.17, 15) is 23.1 Å². The summed E-state index contributed by atoms with van der Waals surface area (Å²) >= 11 is 0. The molecule has 0 spiro atoms. The van der Waals surface area contributed by atoms with Crippen LogP contribution in [0.5, 0.6) is 0 Å². The molecule has 0 aliphatic rings. The van der Waals surface area contributed by atoms with Crippen LogP contribution in [-0.2, 0) is 10.2 Å². The van der Waals surface area contributed by atoms with Gasteiger partial charge in [0.25, 0.3) is 0 Å². The fourth-order valence-corrected chi connectivity index (χ4v) is 2.15. The molecule has 1 atom stereocenters. The van der Waals surface area contributed by atoms with Gasteiger partial charge in [0.2, 0.25) is 0 Å². The van der Waals surface area contributed by atoms with Crippen molar-refractivity contribution in [3.8, 4) is 0 Å². The van der Waals surface area contributed by atoms with Gasteiger partial charge in [0, 0.05) is 13.0 Å². The van der Waals surface area contributed by atoms with E-state index in [-0.39, 0.29) is 19.4 Å². The fourth-order valence-electron chi connectivity index (χ4n) is 2.15. The van der Waals surface area contributed by atoms with Crippen LogP contribution in [-0.4, -0.2) is 23.8 Å². The van der Waals surface area contributed by atoms with Crippen LogP contribution >= 0.6 is 0 Å². The molecule has 0 radical (unpaired) electrons. The summed E-state index contributed by atoms with van der Waals surface area (Å²) < 4.78 is 36.6. The third-order valence-electron chi connectivity index (χ3n) is 3.43. The van der Waals surface area contributed by atoms with Crippen LogP contribution in [0.2, 0.25) is 0 Å². The van der Waals surface area contributed by atoms with E-state index in [0.29, 0.717) is 5.56 Å². The first-order valence-corrected chi connectivity index (χ1v) is 6.28. The van der Waals surface area contributed by atoms with Crippen molar-refractivity contribution in [3.05, 3.63) is 35.4 Å². The smallest absolute Gasteiger partial charge is 0.389 e. The average molecular weight is 289 g/mol. The molecule has 0 bridgehead atoms. The summed E-state index contributed by atoms with van der Waals surface area (Å²) in [5.41, 5.74) is 5.50. The quantitative estimate of drug-likeness (QED) is 0.846. The Bertz CT molecular complexity index is 456. The number of halogens is 3. The van der Waals surface area contributed by atoms with Crippen LogP contribution in [0.4, 0.5) is 13.2 Å². The number of nitrogens with two attached hydrogens (primary N) is 1. The van der Waals surface area contributed by atoms with Crippen molar-refractivity contribution in [2.75, 3.05) is 6.54 Å². The van der Waals surface area contributed by atoms with Gasteiger partial charge in [-0.1, -0.05) is 29.8 Å². The van der Waals surface area contributed by atoms with Gasteiger partial charge in [-0.05, 0) is 25.3 Å². The zero-order chi connectivity index (χ0) is 15.4. The van der Waals surface area contributed by atoms with Gasteiger partial charge in [-0.2, -0.15) is 13.2 Å². The highest BCUT2D eigenvalue weighted by Gasteiger charge is 2.40. The molecule has 0 aliphatic heterocycles. The largest absolute Gasteiger partial charge is 0.481 e. The Morgan fingerprint density at radius 3 is 2.15 bits per heavy atom. The molecule has 1 aromatic rings. The van der Waals surface area contributed by atoms with E-state index in [4.69, 9.17) is 5.73 Å². The Hall–Kier alpha value is -1.56. The van der Waals surface area contributed by atoms with Gasteiger partial charge in [0.05, 0.1) is 0 Å². The lowest BCUT2D eigenvalue weighted by molar-refractivity contribution is -0.147. The minimum absolute atomic E-state index is 0.137. The highest BCUT2D eigenvalue weighted by atomic mass is 19.4. The second-order valence-corrected chi connectivity index (χ2v) is 4.93. The first kappa shape index (κ1) is 16.5. The van der Waals surface area contributed by atoms with Gasteiger partial charge < -0.3 is 10.8 Å². The van der Waals surface area contributed by atoms with Crippen molar-refractivity contribution in [1.82, 2.24) is 0 Å². The molecule has 112 valence electrons. The number of hydrogen-bond donors (Lipinski definition) is 2. The third kappa shape index (κ3) is 3.96. The maximum absolute atomic E-state index is 12.2. The highest BCUT2D eigenvalue weighted by Crippen LogP contribution is 2.32. The Balaban J connectivity index is 2.97. The molecule has 0 saturated heterocycles. The Kier molecular flexibility index (Phi) is 5.16. The Morgan fingerprint density at radius 1 is 1.20 bits per heavy atom. The summed E-state index contributed by atoms with van der Waals surface area (Å²) in [5.74, 6) is -1.19. The third-order valence-corrected chi connectivity index (χ3v) is 3.43. The van der Waals surface area contributed by atoms with Gasteiger partial charge in [0.1, 0.15) is 5.41 Å². The minimum atomic E-state index is -4.29. The topological polar surface area (TPSA) is 63.3 Å². The number of carboxylic acid groups (broad SMARTS) is 1. The molecule has 1 rings (SSSR count). The number of alkyl halides is 3. The lowest BCUT2D eigenvalue weighted by Crippen LogP contribution is -2.43. The first-order chi connectivity index (χ1) is 9.21. The number of hydrogen-bond acceptors (Lipinski definition) is 2. The molecule has 0 heterocycles. The van der Waals surface area contributed by atoms with Gasteiger partial charge >= 0.3 is 12.1 Å². The van der Waals surface area contributed by atoms with E-state index < -0.39 is 24.0 Å². The van der Waals surface area contributed by atoms with Crippen molar-refractivity contribution in [2.45, 2.75) is 37.8 Å². The maximum atomic E-state index is 12.2. The second kappa shape index (κ2) is 6.26. The van der Waals surface area contributed by atoms with Gasteiger partial charge in [-0.15, -0.1) is 0 Å². The van der Waals surface area contributed by atoms with Crippen LogP contribution in [0.1, 0.15) is 30.4 Å². The molecule has 0 fully saturated rings. The summed E-state index contributed by atoms with van der Waals surface area (Å²) in [5, 5.41) is 9.41. The Labute approximate surface area is 115 Å². The zero-order valence-corrected chi connectivity index (χ0v) is 11.2. The monoisotopic (exact) mass is 289 g/mol. The standard InChI is InChI=1S/C14H18F3NO2/c1-10-3-5-11(6-4-10)13(9-18,12(19)20)7-2-8-14(15,16)17/h3-6H,2,7-9,18H2,1H3,(H,19,20). The van der Waals surface area contributed by atoms with E-state index in [2.05, 4.69) is 0 Å². The minimum Gasteiger partial charge on any atom is -0.481 e. The number of carbonyl (C=O) groups is 1. The molecular weight excluding hydrogens is 271 g/mol. The van der Waals surface area contributed by atoms with Gasteiger partial charge in [-0.25, -0.2) is 0 Å². The van der Waals surface area contributed by atoms with Crippen molar-refractivity contribution >= 4 is 5.97 Å². The molecule has 3 nitrogen and oxygen atoms in total. The van der Waals surface area contributed by atoms with Crippen molar-refractivity contribution in [1.29, 1.82) is 0 Å². The van der Waals surface area contributed by atoms with E-state index in [0.717, 1.165) is 5.56 Å². The average Bonchev–Trinajstić information content (AvgIpc) is 2.34. The van der Waals surface area contributed by atoms with Gasteiger partial charge in [-0.3, -0.25) is 4.79 Å². The maximum Gasteiger partial charge on any atom is 0.389 e. The van der Waals surface area contributed by atoms with E-state index in [1.54, 1.807) is 24.3 Å². The molecule has 0 amide bonds. The number of aliphatic carboxylic acids is 1. The van der Waals surface area contributed by atoms with E-state index >= 15 is 0 Å². The lowest BCUT2D eigenvalue weighted by atomic mass is 9.76. The first-order valence-electron chi connectivity index (χ1n) is 6.28. The van der Waals surface area contributed by atoms with Crippen molar-refractivity contribution in [3.63, 3.8) is 0 Å². The molecule has 3 N–H and O–H groups in total. The van der Waals surface area contributed by atoms with Crippen molar-refractivity contribution < 1.29 is 23.1 Å². The van der Waals surface area contributed by atoms with Gasteiger partial charge in [0.15, 0.2) is 0 Å². The number of rotatable bonds is 6. The summed E-state index contributed by atoms with van der Waals surface area (Å²) in [4.78, 5) is 11.5. The molecule has 6 heteroatoms. The second-order valence-electron chi connectivity index (χ2n) is 4.93. The molecule has 0 saturated carbocycles. The summed E-state index contributed by atoms with van der Waals surface area (Å²) in [6.07, 6.45) is -5.69. The summed E-state index contributed by atoms with van der Waals surface area (Å²) in [6, 6.07) is 6.69. The molecule has 1 unspecified atom stereocenters. The zero-order valence-electron chi connectivity index (χ0n) is 11.2. The Morgan fingerprint density at radius 2 is 1.75 bits per heavy atom. The number of carboxylic acids is 1. The molecular formula is C14H18F3NO2. The predicted octanol–water partition coefficient (Wildman–Crippen LogP) is 3.01. The van der Waals surface area contributed by atoms with Crippen LogP contribution in [0.25, 0.3) is 0 Å². The number of benzene rings is 1. The normalized spacial score (nSPS) is 14.8. The fraction of sp³-hybridized carbons (Fsp3) is 0.500. The highest BCUT2D eigenvalue weighted by molar-refractivity contribution is 5.81. The molecule has 1 aromatic carbocycles. The molecule has 0 aliphatic carbocycles. The van der Waals surface area contributed by atoms with Crippen LogP contribution < -0.4 is 5.73 Å². The molecule has 20 heavy (non-hydrogen) atoms.